The van der Waals surface area contributed by atoms with E-state index < -0.39 is 11.9 Å². The Balaban J connectivity index is -0.0000000660. The highest BCUT2D eigenvalue weighted by atomic mass is 16.4. The van der Waals surface area contributed by atoms with Gasteiger partial charge in [-0.05, 0) is 0 Å². The zero-order chi connectivity index (χ0) is 11.4. The summed E-state index contributed by atoms with van der Waals surface area (Å²) < 4.78 is 0. The first kappa shape index (κ1) is 24.2. The van der Waals surface area contributed by atoms with Gasteiger partial charge in [0, 0.05) is 40.0 Å². The summed E-state index contributed by atoms with van der Waals surface area (Å²) in [6.07, 6.45) is 0. The van der Waals surface area contributed by atoms with Crippen molar-refractivity contribution in [1.82, 2.24) is 22.9 Å². The Hall–Kier alpha value is -1.22. The number of hydrogen-bond donors (Lipinski definition) is 6. The molecular weight excluding hydrogens is 216 g/mol. The molecular formula is C8H24N4O4. The molecule has 8 heteroatoms. The van der Waals surface area contributed by atoms with Gasteiger partial charge in [-0.2, -0.15) is 0 Å². The predicted octanol–water partition coefficient (Wildman–Crippen LogP) is -0.315. The van der Waals surface area contributed by atoms with E-state index in [1.54, 1.807) is 0 Å². The van der Waals surface area contributed by atoms with Crippen molar-refractivity contribution in [3.05, 3.63) is 0 Å². The van der Waals surface area contributed by atoms with E-state index in [4.69, 9.17) is 19.8 Å². The molecule has 0 amide bonds. The van der Waals surface area contributed by atoms with Crippen LogP contribution in [0, 0.1) is 0 Å². The van der Waals surface area contributed by atoms with Crippen LogP contribution in [-0.2, 0) is 9.59 Å². The molecule has 1 rings (SSSR count). The molecule has 1 aliphatic rings. The van der Waals surface area contributed by atoms with E-state index in [9.17, 15) is 0 Å². The van der Waals surface area contributed by atoms with Crippen LogP contribution < -0.4 is 22.9 Å². The molecule has 0 radical (unpaired) electrons. The van der Waals surface area contributed by atoms with Crippen LogP contribution in [0.4, 0.5) is 0 Å². The van der Waals surface area contributed by atoms with E-state index in [1.165, 1.54) is 0 Å². The Labute approximate surface area is 95.6 Å². The zero-order valence-electron chi connectivity index (χ0n) is 9.95. The first-order chi connectivity index (χ1) is 6.46. The normalized spacial score (nSPS) is 12.1. The maximum atomic E-state index is 9.00. The van der Waals surface area contributed by atoms with Crippen molar-refractivity contribution in [3.8, 4) is 0 Å². The Morgan fingerprint density at radius 2 is 0.938 bits per heavy atom. The van der Waals surface area contributed by atoms with Crippen LogP contribution in [0.15, 0.2) is 0 Å². The van der Waals surface area contributed by atoms with Crippen molar-refractivity contribution < 1.29 is 19.8 Å². The molecule has 1 aliphatic heterocycles. The van der Waals surface area contributed by atoms with Gasteiger partial charge in [0.05, 0.1) is 0 Å². The summed E-state index contributed by atoms with van der Waals surface area (Å²) in [4.78, 5) is 18.0. The van der Waals surface area contributed by atoms with Gasteiger partial charge in [-0.3, -0.25) is 9.59 Å². The topological polar surface area (TPSA) is 169 Å². The monoisotopic (exact) mass is 240 g/mol. The molecule has 0 aromatic rings. The fourth-order valence-electron chi connectivity index (χ4n) is 0.604. The van der Waals surface area contributed by atoms with Crippen molar-refractivity contribution in [1.29, 1.82) is 0 Å². The van der Waals surface area contributed by atoms with Crippen LogP contribution in [0.3, 0.4) is 0 Å². The van der Waals surface area contributed by atoms with Gasteiger partial charge >= 0.3 is 0 Å². The molecule has 8 nitrogen and oxygen atoms in total. The number of hydrogen-bond acceptors (Lipinski definition) is 6. The maximum absolute atomic E-state index is 9.00. The molecule has 0 aliphatic carbocycles. The summed E-state index contributed by atoms with van der Waals surface area (Å²) >= 11 is 0. The summed E-state index contributed by atoms with van der Waals surface area (Å²) in [5.74, 6) is -1.67. The lowest BCUT2D eigenvalue weighted by Crippen LogP contribution is -2.39. The number of rotatable bonds is 0. The van der Waals surface area contributed by atoms with Gasteiger partial charge in [-0.15, -0.1) is 0 Å². The molecule has 0 atom stereocenters. The molecule has 1 saturated heterocycles. The third-order valence-electron chi connectivity index (χ3n) is 0.957. The summed E-state index contributed by atoms with van der Waals surface area (Å²) in [7, 11) is 0. The zero-order valence-corrected chi connectivity index (χ0v) is 9.95. The van der Waals surface area contributed by atoms with Gasteiger partial charge in [0.1, 0.15) is 0 Å². The highest BCUT2D eigenvalue weighted by molar-refractivity contribution is 5.63. The van der Waals surface area contributed by atoms with Crippen LogP contribution in [0.5, 0.6) is 0 Å². The van der Waals surface area contributed by atoms with Crippen LogP contribution in [0.25, 0.3) is 0 Å². The highest BCUT2D eigenvalue weighted by Gasteiger charge is 1.91. The summed E-state index contributed by atoms with van der Waals surface area (Å²) in [6, 6.07) is 0. The molecule has 100 valence electrons. The first-order valence-corrected chi connectivity index (χ1v) is 4.27. The highest BCUT2D eigenvalue weighted by Crippen LogP contribution is 1.65. The lowest BCUT2D eigenvalue weighted by molar-refractivity contribution is -0.135. The van der Waals surface area contributed by atoms with Crippen molar-refractivity contribution in [2.45, 2.75) is 13.8 Å². The van der Waals surface area contributed by atoms with Crippen molar-refractivity contribution >= 4 is 11.9 Å². The average Bonchev–Trinajstić information content (AvgIpc) is 2.05. The largest absolute Gasteiger partial charge is 0.481 e. The quantitative estimate of drug-likeness (QED) is 0.335. The second-order valence-corrected chi connectivity index (χ2v) is 2.54. The van der Waals surface area contributed by atoms with Gasteiger partial charge in [-0.1, -0.05) is 0 Å². The second-order valence-electron chi connectivity index (χ2n) is 2.54. The van der Waals surface area contributed by atoms with E-state index in [1.807, 2.05) is 0 Å². The van der Waals surface area contributed by atoms with E-state index >= 15 is 0 Å². The predicted molar refractivity (Wildman–Crippen MR) is 62.4 cm³/mol. The molecule has 10 N–H and O–H groups in total. The molecule has 0 bridgehead atoms. The van der Waals surface area contributed by atoms with Gasteiger partial charge in [-0.25, -0.2) is 0 Å². The van der Waals surface area contributed by atoms with E-state index in [2.05, 4.69) is 10.6 Å². The summed E-state index contributed by atoms with van der Waals surface area (Å²) in [6.45, 7) is 6.72. The van der Waals surface area contributed by atoms with Gasteiger partial charge < -0.3 is 33.1 Å². The minimum atomic E-state index is -0.833. The average molecular weight is 240 g/mol. The molecule has 0 unspecified atom stereocenters. The Kier molecular flexibility index (Phi) is 29.2. The van der Waals surface area contributed by atoms with E-state index in [0.717, 1.165) is 40.0 Å². The van der Waals surface area contributed by atoms with Crippen molar-refractivity contribution in [3.63, 3.8) is 0 Å². The van der Waals surface area contributed by atoms with Crippen molar-refractivity contribution in [2.24, 2.45) is 0 Å². The van der Waals surface area contributed by atoms with Crippen LogP contribution in [-0.4, -0.2) is 48.3 Å². The smallest absolute Gasteiger partial charge is 0.300 e. The maximum Gasteiger partial charge on any atom is 0.300 e. The second kappa shape index (κ2) is 19.4. The number of nitrogens with one attached hydrogen (secondary N) is 2. The van der Waals surface area contributed by atoms with Crippen molar-refractivity contribution in [2.75, 3.05) is 26.2 Å². The first-order valence-electron chi connectivity index (χ1n) is 4.27. The van der Waals surface area contributed by atoms with Gasteiger partial charge in [0.15, 0.2) is 0 Å². The summed E-state index contributed by atoms with van der Waals surface area (Å²) in [5.41, 5.74) is 0. The Morgan fingerprint density at radius 3 is 1.00 bits per heavy atom. The lowest BCUT2D eigenvalue weighted by Gasteiger charge is -2.11. The molecule has 0 aromatic carbocycles. The molecule has 0 spiro atoms. The third-order valence-corrected chi connectivity index (χ3v) is 0.957. The molecule has 1 heterocycles. The minimum Gasteiger partial charge on any atom is -0.481 e. The van der Waals surface area contributed by atoms with Crippen LogP contribution in [0.1, 0.15) is 13.8 Å². The Bertz CT molecular complexity index is 131. The van der Waals surface area contributed by atoms with Gasteiger partial charge in [0.25, 0.3) is 11.9 Å². The number of aliphatic carboxylic acids is 2. The van der Waals surface area contributed by atoms with Crippen LogP contribution in [0.2, 0.25) is 0 Å². The molecule has 16 heavy (non-hydrogen) atoms. The fraction of sp³-hybridized carbons (Fsp3) is 0.750. The van der Waals surface area contributed by atoms with E-state index in [0.29, 0.717) is 0 Å². The molecule has 1 fully saturated rings. The van der Waals surface area contributed by atoms with Crippen LogP contribution >= 0.6 is 0 Å². The lowest BCUT2D eigenvalue weighted by atomic mass is 10.4. The SMILES string of the molecule is C1CNCCN1.CC(=O)O.CC(=O)O.N.N. The minimum absolute atomic E-state index is 0. The molecule has 0 saturated carbocycles. The van der Waals surface area contributed by atoms with E-state index in [-0.39, 0.29) is 12.3 Å². The number of carboxylic acids is 2. The number of piperazine rings is 1. The Morgan fingerprint density at radius 1 is 0.812 bits per heavy atom. The standard InChI is InChI=1S/C4H10N2.2C2H4O2.2H3N/c1-2-6-4-3-5-1;2*1-2(3)4;;/h5-6H,1-4H2;2*1H3,(H,3,4);2*1H3. The summed E-state index contributed by atoms with van der Waals surface area (Å²) in [5, 5.41) is 21.3. The fourth-order valence-corrected chi connectivity index (χ4v) is 0.604. The third kappa shape index (κ3) is 77.6. The number of carbonyl (C=O) groups is 2. The van der Waals surface area contributed by atoms with Gasteiger partial charge in [0.2, 0.25) is 0 Å². The number of carboxylic acid groups (broad SMARTS) is 2. The molecule has 0 aromatic heterocycles.